The molecule has 2 N–H and O–H groups in total. The van der Waals surface area contributed by atoms with E-state index >= 15 is 0 Å². The molecule has 3 aromatic rings. The molecule has 144 valence electrons. The molecule has 2 aromatic heterocycles. The molecule has 7 heteroatoms. The Bertz CT molecular complexity index is 1040. The summed E-state index contributed by atoms with van der Waals surface area (Å²) >= 11 is 0. The third-order valence-corrected chi connectivity index (χ3v) is 5.86. The minimum atomic E-state index is -0.326. The Hall–Kier alpha value is -2.96. The van der Waals surface area contributed by atoms with Crippen LogP contribution in [0, 0.1) is 6.92 Å². The summed E-state index contributed by atoms with van der Waals surface area (Å²) < 4.78 is 7.47. The molecule has 2 fully saturated rings. The van der Waals surface area contributed by atoms with E-state index in [1.165, 1.54) is 11.1 Å². The van der Waals surface area contributed by atoms with Crippen LogP contribution in [0.5, 0.6) is 0 Å². The molecular weight excluding hydrogens is 354 g/mol. The molecule has 1 amide bonds. The lowest BCUT2D eigenvalue weighted by atomic mass is 9.91. The first-order valence-electron chi connectivity index (χ1n) is 9.83. The van der Waals surface area contributed by atoms with Crippen LogP contribution in [0.2, 0.25) is 0 Å². The van der Waals surface area contributed by atoms with Crippen molar-refractivity contribution in [1.82, 2.24) is 19.9 Å². The number of hydrogen-bond acceptors (Lipinski definition) is 5. The number of benzene rings is 1. The summed E-state index contributed by atoms with van der Waals surface area (Å²) in [5.74, 6) is 1.34. The summed E-state index contributed by atoms with van der Waals surface area (Å²) in [5.41, 5.74) is 9.48. The van der Waals surface area contributed by atoms with Crippen molar-refractivity contribution < 1.29 is 9.32 Å². The van der Waals surface area contributed by atoms with E-state index in [1.54, 1.807) is 0 Å². The van der Waals surface area contributed by atoms with Crippen LogP contribution in [0.1, 0.15) is 60.7 Å². The molecule has 5 rings (SSSR count). The highest BCUT2D eigenvalue weighted by molar-refractivity contribution is 5.73. The lowest BCUT2D eigenvalue weighted by Crippen LogP contribution is -2.15. The molecule has 0 bridgehead atoms. The number of primary amides is 1. The topological polar surface area (TPSA) is 99.8 Å². The maximum Gasteiger partial charge on any atom is 0.278 e. The van der Waals surface area contributed by atoms with Gasteiger partial charge >= 0.3 is 0 Å². The fourth-order valence-corrected chi connectivity index (χ4v) is 4.01. The average Bonchev–Trinajstić information content (AvgIpc) is 3.59. The van der Waals surface area contributed by atoms with Gasteiger partial charge in [-0.3, -0.25) is 9.48 Å². The summed E-state index contributed by atoms with van der Waals surface area (Å²) in [6.45, 7) is 2.61. The van der Waals surface area contributed by atoms with Gasteiger partial charge in [0.15, 0.2) is 11.5 Å². The van der Waals surface area contributed by atoms with E-state index in [1.807, 2.05) is 10.7 Å². The van der Waals surface area contributed by atoms with Crippen LogP contribution in [0.25, 0.3) is 11.6 Å². The third-order valence-electron chi connectivity index (χ3n) is 5.86. The Morgan fingerprint density at radius 3 is 2.79 bits per heavy atom. The van der Waals surface area contributed by atoms with Gasteiger partial charge in [-0.05, 0) is 49.8 Å². The standard InChI is InChI=1S/C21H23N5O2/c1-13-4-2-3-5-15(13)21(9-10-21)20-23-19(28-25-20)16-12-17(14-6-7-14)26(24-16)11-8-18(22)27/h2-5,12,14H,6-11H2,1H3,(H2,22,27). The van der Waals surface area contributed by atoms with Gasteiger partial charge in [-0.1, -0.05) is 29.4 Å². The van der Waals surface area contributed by atoms with Gasteiger partial charge < -0.3 is 10.3 Å². The largest absolute Gasteiger partial charge is 0.370 e. The van der Waals surface area contributed by atoms with E-state index in [2.05, 4.69) is 41.4 Å². The molecule has 0 aliphatic heterocycles. The predicted octanol–water partition coefficient (Wildman–Crippen LogP) is 3.07. The molecule has 0 atom stereocenters. The van der Waals surface area contributed by atoms with Gasteiger partial charge in [0, 0.05) is 24.6 Å². The minimum Gasteiger partial charge on any atom is -0.370 e. The summed E-state index contributed by atoms with van der Waals surface area (Å²) in [6, 6.07) is 10.4. The molecule has 2 aliphatic rings. The lowest BCUT2D eigenvalue weighted by Gasteiger charge is -2.13. The number of carbonyl (C=O) groups is 1. The maximum atomic E-state index is 11.2. The number of aryl methyl sites for hydroxylation is 2. The molecule has 2 saturated carbocycles. The highest BCUT2D eigenvalue weighted by atomic mass is 16.5. The van der Waals surface area contributed by atoms with Crippen molar-refractivity contribution in [2.75, 3.05) is 0 Å². The SMILES string of the molecule is Cc1ccccc1C1(c2noc(-c3cc(C4CC4)n(CCC(N)=O)n3)n2)CC1. The number of amides is 1. The van der Waals surface area contributed by atoms with Gasteiger partial charge in [0.1, 0.15) is 0 Å². The van der Waals surface area contributed by atoms with E-state index in [0.717, 1.165) is 37.2 Å². The summed E-state index contributed by atoms with van der Waals surface area (Å²) in [5, 5.41) is 8.94. The van der Waals surface area contributed by atoms with Gasteiger partial charge in [0.2, 0.25) is 5.91 Å². The van der Waals surface area contributed by atoms with E-state index in [4.69, 9.17) is 15.2 Å². The zero-order valence-electron chi connectivity index (χ0n) is 15.9. The second-order valence-electron chi connectivity index (χ2n) is 7.99. The van der Waals surface area contributed by atoms with Crippen molar-refractivity contribution in [3.8, 4) is 11.6 Å². The number of carbonyl (C=O) groups excluding carboxylic acids is 1. The number of rotatable bonds is 7. The van der Waals surface area contributed by atoms with E-state index in [9.17, 15) is 4.79 Å². The molecule has 2 aliphatic carbocycles. The number of hydrogen-bond donors (Lipinski definition) is 1. The molecule has 2 heterocycles. The van der Waals surface area contributed by atoms with Crippen LogP contribution in [0.15, 0.2) is 34.9 Å². The average molecular weight is 377 g/mol. The van der Waals surface area contributed by atoms with Crippen molar-refractivity contribution in [3.63, 3.8) is 0 Å². The van der Waals surface area contributed by atoms with Crippen LogP contribution in [-0.4, -0.2) is 25.8 Å². The number of nitrogens with two attached hydrogens (primary N) is 1. The van der Waals surface area contributed by atoms with Gasteiger partial charge in [-0.2, -0.15) is 10.1 Å². The van der Waals surface area contributed by atoms with E-state index in [0.29, 0.717) is 24.0 Å². The minimum absolute atomic E-state index is 0.138. The monoisotopic (exact) mass is 377 g/mol. The van der Waals surface area contributed by atoms with Gasteiger partial charge in [-0.25, -0.2) is 0 Å². The number of nitrogens with zero attached hydrogens (tertiary/aromatic N) is 4. The highest BCUT2D eigenvalue weighted by Crippen LogP contribution is 2.53. The van der Waals surface area contributed by atoms with Crippen molar-refractivity contribution in [3.05, 3.63) is 53.0 Å². The maximum absolute atomic E-state index is 11.2. The quantitative estimate of drug-likeness (QED) is 0.682. The molecule has 0 unspecified atom stereocenters. The lowest BCUT2D eigenvalue weighted by molar-refractivity contribution is -0.118. The van der Waals surface area contributed by atoms with Crippen molar-refractivity contribution in [1.29, 1.82) is 0 Å². The summed E-state index contributed by atoms with van der Waals surface area (Å²) in [7, 11) is 0. The van der Waals surface area contributed by atoms with Gasteiger partial charge in [-0.15, -0.1) is 0 Å². The summed E-state index contributed by atoms with van der Waals surface area (Å²) in [4.78, 5) is 15.9. The zero-order valence-corrected chi connectivity index (χ0v) is 15.9. The van der Waals surface area contributed by atoms with Crippen LogP contribution in [0.3, 0.4) is 0 Å². The Balaban J connectivity index is 1.46. The highest BCUT2D eigenvalue weighted by Gasteiger charge is 2.50. The predicted molar refractivity (Wildman–Crippen MR) is 102 cm³/mol. The van der Waals surface area contributed by atoms with Gasteiger partial charge in [0.05, 0.1) is 5.41 Å². The van der Waals surface area contributed by atoms with Crippen LogP contribution < -0.4 is 5.73 Å². The smallest absolute Gasteiger partial charge is 0.278 e. The number of aromatic nitrogens is 4. The molecule has 0 saturated heterocycles. The second kappa shape index (κ2) is 6.29. The molecule has 0 radical (unpaired) electrons. The second-order valence-corrected chi connectivity index (χ2v) is 7.99. The van der Waals surface area contributed by atoms with Gasteiger partial charge in [0.25, 0.3) is 5.89 Å². The molecule has 0 spiro atoms. The Labute approximate surface area is 162 Å². The Kier molecular flexibility index (Phi) is 3.86. The first kappa shape index (κ1) is 17.2. The molecular formula is C21H23N5O2. The Morgan fingerprint density at radius 2 is 2.11 bits per heavy atom. The van der Waals surface area contributed by atoms with E-state index < -0.39 is 0 Å². The van der Waals surface area contributed by atoms with Crippen LogP contribution in [-0.2, 0) is 16.8 Å². The molecule has 1 aromatic carbocycles. The van der Waals surface area contributed by atoms with Crippen LogP contribution in [0.4, 0.5) is 0 Å². The van der Waals surface area contributed by atoms with Crippen LogP contribution >= 0.6 is 0 Å². The molecule has 7 nitrogen and oxygen atoms in total. The fraction of sp³-hybridized carbons (Fsp3) is 0.429. The first-order valence-corrected chi connectivity index (χ1v) is 9.83. The normalized spacial score (nSPS) is 17.6. The molecule has 28 heavy (non-hydrogen) atoms. The summed E-state index contributed by atoms with van der Waals surface area (Å²) in [6.07, 6.45) is 4.61. The van der Waals surface area contributed by atoms with E-state index in [-0.39, 0.29) is 17.7 Å². The fourth-order valence-electron chi connectivity index (χ4n) is 4.01. The first-order chi connectivity index (χ1) is 13.6. The Morgan fingerprint density at radius 1 is 1.32 bits per heavy atom. The zero-order chi connectivity index (χ0) is 19.3. The van der Waals surface area contributed by atoms with Crippen molar-refractivity contribution >= 4 is 5.91 Å². The van der Waals surface area contributed by atoms with Crippen molar-refractivity contribution in [2.45, 2.75) is 56.9 Å². The third kappa shape index (κ3) is 2.91. The van der Waals surface area contributed by atoms with Crippen molar-refractivity contribution in [2.24, 2.45) is 5.73 Å².